The molecule has 2 nitrogen and oxygen atoms in total. The predicted molar refractivity (Wildman–Crippen MR) is 117 cm³/mol. The number of carbonyl (C=O) groups excluding carboxylic acids is 1. The van der Waals surface area contributed by atoms with Crippen molar-refractivity contribution in [3.05, 3.63) is 41.5 Å². The fourth-order valence-electron chi connectivity index (χ4n) is 4.89. The van der Waals surface area contributed by atoms with Crippen LogP contribution in [0.2, 0.25) is 0 Å². The van der Waals surface area contributed by atoms with E-state index in [1.807, 2.05) is 12.1 Å². The number of allylic oxidation sites excluding steroid dienone is 2. The van der Waals surface area contributed by atoms with Crippen molar-refractivity contribution in [3.63, 3.8) is 0 Å². The van der Waals surface area contributed by atoms with Gasteiger partial charge in [0.2, 0.25) is 0 Å². The average molecular weight is 383 g/mol. The Morgan fingerprint density at radius 1 is 0.929 bits per heavy atom. The maximum absolute atomic E-state index is 12.5. The Balaban J connectivity index is 1.48. The summed E-state index contributed by atoms with van der Waals surface area (Å²) in [5.41, 5.74) is 3.40. The largest absolute Gasteiger partial charge is 0.459 e. The summed E-state index contributed by atoms with van der Waals surface area (Å²) in [7, 11) is 0. The molecule has 3 rings (SSSR count). The molecule has 0 radical (unpaired) electrons. The zero-order valence-electron chi connectivity index (χ0n) is 17.9. The highest BCUT2D eigenvalue weighted by molar-refractivity contribution is 5.90. The van der Waals surface area contributed by atoms with Gasteiger partial charge < -0.3 is 4.74 Å². The van der Waals surface area contributed by atoms with Gasteiger partial charge in [-0.25, -0.2) is 4.79 Å². The molecule has 0 amide bonds. The summed E-state index contributed by atoms with van der Waals surface area (Å²) < 4.78 is 5.80. The Hall–Kier alpha value is -1.57. The first-order valence-corrected chi connectivity index (χ1v) is 11.7. The molecule has 2 heteroatoms. The average Bonchev–Trinajstić information content (AvgIpc) is 2.74. The zero-order chi connectivity index (χ0) is 19.8. The molecular formula is C26H38O2. The van der Waals surface area contributed by atoms with Crippen molar-refractivity contribution in [1.29, 1.82) is 0 Å². The van der Waals surface area contributed by atoms with E-state index < -0.39 is 0 Å². The molecule has 1 saturated carbocycles. The molecule has 2 aliphatic rings. The second-order valence-electron chi connectivity index (χ2n) is 8.93. The third-order valence-electron chi connectivity index (χ3n) is 6.74. The summed E-state index contributed by atoms with van der Waals surface area (Å²) in [5, 5.41) is 0. The van der Waals surface area contributed by atoms with Gasteiger partial charge >= 0.3 is 5.97 Å². The summed E-state index contributed by atoms with van der Waals surface area (Å²) >= 11 is 0. The first kappa shape index (κ1) is 21.1. The number of esters is 1. The first-order chi connectivity index (χ1) is 13.7. The molecule has 0 bridgehead atoms. The maximum atomic E-state index is 12.5. The van der Waals surface area contributed by atoms with E-state index in [4.69, 9.17) is 4.74 Å². The van der Waals surface area contributed by atoms with E-state index in [-0.39, 0.29) is 12.1 Å². The first-order valence-electron chi connectivity index (χ1n) is 11.7. The second kappa shape index (κ2) is 10.8. The minimum atomic E-state index is -0.149. The molecule has 0 saturated heterocycles. The number of ether oxygens (including phenoxy) is 1. The highest BCUT2D eigenvalue weighted by atomic mass is 16.5. The molecule has 0 N–H and O–H groups in total. The van der Waals surface area contributed by atoms with Crippen molar-refractivity contribution in [2.24, 2.45) is 11.8 Å². The molecule has 0 aliphatic heterocycles. The smallest absolute Gasteiger partial charge is 0.338 e. The van der Waals surface area contributed by atoms with Crippen LogP contribution in [0.15, 0.2) is 30.3 Å². The van der Waals surface area contributed by atoms with Crippen LogP contribution < -0.4 is 0 Å². The van der Waals surface area contributed by atoms with Crippen LogP contribution in [0, 0.1) is 11.8 Å². The lowest BCUT2D eigenvalue weighted by Crippen LogP contribution is -2.24. The van der Waals surface area contributed by atoms with Crippen LogP contribution in [0.3, 0.4) is 0 Å². The molecule has 0 spiro atoms. The van der Waals surface area contributed by atoms with Gasteiger partial charge in [-0.15, -0.1) is 0 Å². The van der Waals surface area contributed by atoms with E-state index in [2.05, 4.69) is 32.1 Å². The normalized spacial score (nSPS) is 25.2. The van der Waals surface area contributed by atoms with Crippen molar-refractivity contribution in [2.75, 3.05) is 0 Å². The number of benzene rings is 1. The SMILES string of the molecule is CCCCC1CCC(OC(=O)c2ccc(C3=CCC(CCC)CC3)cc2)CC1. The van der Waals surface area contributed by atoms with Crippen LogP contribution in [0.5, 0.6) is 0 Å². The lowest BCUT2D eigenvalue weighted by Gasteiger charge is -2.28. The minimum absolute atomic E-state index is 0.113. The van der Waals surface area contributed by atoms with E-state index in [1.165, 1.54) is 68.9 Å². The molecule has 1 atom stereocenters. The van der Waals surface area contributed by atoms with Gasteiger partial charge in [0.15, 0.2) is 0 Å². The molecule has 1 unspecified atom stereocenters. The van der Waals surface area contributed by atoms with Gasteiger partial charge in [-0.2, -0.15) is 0 Å². The second-order valence-corrected chi connectivity index (χ2v) is 8.93. The molecule has 1 aromatic carbocycles. The van der Waals surface area contributed by atoms with Crippen molar-refractivity contribution >= 4 is 11.5 Å². The fraction of sp³-hybridized carbons (Fsp3) is 0.654. The van der Waals surface area contributed by atoms with E-state index in [0.717, 1.165) is 31.1 Å². The Kier molecular flexibility index (Phi) is 8.18. The Morgan fingerprint density at radius 3 is 2.29 bits per heavy atom. The van der Waals surface area contributed by atoms with E-state index in [9.17, 15) is 4.79 Å². The van der Waals surface area contributed by atoms with Crippen LogP contribution in [0.4, 0.5) is 0 Å². The van der Waals surface area contributed by atoms with Crippen molar-refractivity contribution < 1.29 is 9.53 Å². The number of rotatable bonds is 8. The summed E-state index contributed by atoms with van der Waals surface area (Å²) in [6.45, 7) is 4.53. The lowest BCUT2D eigenvalue weighted by atomic mass is 9.84. The Morgan fingerprint density at radius 2 is 1.68 bits per heavy atom. The third-order valence-corrected chi connectivity index (χ3v) is 6.74. The van der Waals surface area contributed by atoms with Gasteiger partial charge in [0.05, 0.1) is 5.56 Å². The third kappa shape index (κ3) is 5.96. The lowest BCUT2D eigenvalue weighted by molar-refractivity contribution is 0.0161. The van der Waals surface area contributed by atoms with Gasteiger partial charge in [0.25, 0.3) is 0 Å². The molecule has 0 aromatic heterocycles. The highest BCUT2D eigenvalue weighted by Gasteiger charge is 2.24. The van der Waals surface area contributed by atoms with Crippen molar-refractivity contribution in [1.82, 2.24) is 0 Å². The van der Waals surface area contributed by atoms with Gasteiger partial charge in [0, 0.05) is 0 Å². The van der Waals surface area contributed by atoms with Gasteiger partial charge in [0.1, 0.15) is 6.10 Å². The monoisotopic (exact) mass is 382 g/mol. The van der Waals surface area contributed by atoms with E-state index in [0.29, 0.717) is 5.56 Å². The molecule has 2 aliphatic carbocycles. The van der Waals surface area contributed by atoms with Crippen molar-refractivity contribution in [2.45, 2.75) is 97.0 Å². The molecule has 0 heterocycles. The standard InChI is InChI=1S/C26H38O2/c1-3-5-7-21-10-18-25(19-11-21)28-26(27)24-16-14-23(15-17-24)22-12-8-20(6-4-2)9-13-22/h12,14-17,20-21,25H,3-11,13,18-19H2,1-2H3. The quantitative estimate of drug-likeness (QED) is 0.433. The molecule has 28 heavy (non-hydrogen) atoms. The summed E-state index contributed by atoms with van der Waals surface area (Å²) in [5.74, 6) is 1.55. The van der Waals surface area contributed by atoms with Gasteiger partial charge in [-0.3, -0.25) is 0 Å². The number of hydrogen-bond donors (Lipinski definition) is 0. The molecule has 1 fully saturated rings. The molecule has 154 valence electrons. The fourth-order valence-corrected chi connectivity index (χ4v) is 4.89. The maximum Gasteiger partial charge on any atom is 0.338 e. The zero-order valence-corrected chi connectivity index (χ0v) is 17.9. The molecular weight excluding hydrogens is 344 g/mol. The molecule has 1 aromatic rings. The minimum Gasteiger partial charge on any atom is -0.459 e. The summed E-state index contributed by atoms with van der Waals surface area (Å²) in [6.07, 6.45) is 17.2. The van der Waals surface area contributed by atoms with Crippen LogP contribution >= 0.6 is 0 Å². The predicted octanol–water partition coefficient (Wildman–Crippen LogP) is 7.58. The van der Waals surface area contributed by atoms with Crippen LogP contribution in [0.1, 0.15) is 107 Å². The van der Waals surface area contributed by atoms with E-state index >= 15 is 0 Å². The van der Waals surface area contributed by atoms with Gasteiger partial charge in [-0.05, 0) is 80.1 Å². The van der Waals surface area contributed by atoms with Crippen LogP contribution in [-0.4, -0.2) is 12.1 Å². The van der Waals surface area contributed by atoms with Crippen LogP contribution in [0.25, 0.3) is 5.57 Å². The number of hydrogen-bond acceptors (Lipinski definition) is 2. The summed E-state index contributed by atoms with van der Waals surface area (Å²) in [6, 6.07) is 8.10. The number of unbranched alkanes of at least 4 members (excludes halogenated alkanes) is 1. The Bertz CT molecular complexity index is 635. The highest BCUT2D eigenvalue weighted by Crippen LogP contribution is 2.33. The van der Waals surface area contributed by atoms with Gasteiger partial charge in [-0.1, -0.05) is 64.2 Å². The topological polar surface area (TPSA) is 26.3 Å². The van der Waals surface area contributed by atoms with Crippen LogP contribution in [-0.2, 0) is 4.74 Å². The Labute approximate surface area is 171 Å². The summed E-state index contributed by atoms with van der Waals surface area (Å²) in [4.78, 5) is 12.5. The number of carbonyl (C=O) groups is 1. The van der Waals surface area contributed by atoms with E-state index in [1.54, 1.807) is 0 Å². The van der Waals surface area contributed by atoms with Crippen molar-refractivity contribution in [3.8, 4) is 0 Å².